The monoisotopic (exact) mass is 360 g/mol. The van der Waals surface area contributed by atoms with Crippen LogP contribution in [0.25, 0.3) is 0 Å². The van der Waals surface area contributed by atoms with Crippen molar-refractivity contribution in [3.8, 4) is 0 Å². The summed E-state index contributed by atoms with van der Waals surface area (Å²) in [5.41, 5.74) is 0. The van der Waals surface area contributed by atoms with Crippen molar-refractivity contribution in [3.05, 3.63) is 0 Å². The summed E-state index contributed by atoms with van der Waals surface area (Å²) < 4.78 is 13.0. The molecule has 0 amide bonds. The summed E-state index contributed by atoms with van der Waals surface area (Å²) in [7, 11) is -3.55. The molecule has 1 aliphatic rings. The maximum atomic E-state index is 10.2. The van der Waals surface area contributed by atoms with Crippen molar-refractivity contribution in [3.63, 3.8) is 0 Å². The van der Waals surface area contributed by atoms with E-state index in [0.717, 1.165) is 19.4 Å². The molecule has 0 heterocycles. The number of hydrogen-bond acceptors (Lipinski definition) is 3. The SMILES string of the molecule is CC(C)(C)[Si](C)(C)OC[C@@H]1C[C@@H](O)C[C@H]1O[Si](C)(C)C(C)(C)C. The van der Waals surface area contributed by atoms with E-state index in [2.05, 4.69) is 67.7 Å². The molecule has 0 aromatic rings. The third kappa shape index (κ3) is 5.39. The summed E-state index contributed by atoms with van der Waals surface area (Å²) in [6, 6.07) is 0. The zero-order chi connectivity index (χ0) is 18.3. The normalized spacial score (nSPS) is 27.5. The van der Waals surface area contributed by atoms with E-state index < -0.39 is 16.6 Å². The van der Waals surface area contributed by atoms with E-state index in [0.29, 0.717) is 5.92 Å². The van der Waals surface area contributed by atoms with Crippen LogP contribution in [0.4, 0.5) is 0 Å². The summed E-state index contributed by atoms with van der Waals surface area (Å²) in [6.45, 7) is 23.5. The van der Waals surface area contributed by atoms with Gasteiger partial charge in [0.05, 0.1) is 12.2 Å². The fourth-order valence-electron chi connectivity index (χ4n) is 2.46. The van der Waals surface area contributed by atoms with Gasteiger partial charge < -0.3 is 14.0 Å². The van der Waals surface area contributed by atoms with E-state index in [1.54, 1.807) is 0 Å². The summed E-state index contributed by atoms with van der Waals surface area (Å²) in [5.74, 6) is 0.327. The highest BCUT2D eigenvalue weighted by atomic mass is 28.4. The number of aliphatic hydroxyl groups is 1. The largest absolute Gasteiger partial charge is 0.416 e. The van der Waals surface area contributed by atoms with Crippen LogP contribution in [0.15, 0.2) is 0 Å². The quantitative estimate of drug-likeness (QED) is 0.687. The van der Waals surface area contributed by atoms with Crippen LogP contribution in [0.5, 0.6) is 0 Å². The van der Waals surface area contributed by atoms with E-state index in [1.165, 1.54) is 0 Å². The molecular formula is C18H40O3Si2. The molecule has 0 radical (unpaired) electrons. The van der Waals surface area contributed by atoms with Crippen LogP contribution >= 0.6 is 0 Å². The van der Waals surface area contributed by atoms with Crippen LogP contribution in [-0.2, 0) is 8.85 Å². The molecule has 1 rings (SSSR count). The minimum absolute atomic E-state index is 0.149. The van der Waals surface area contributed by atoms with Crippen molar-refractivity contribution in [2.24, 2.45) is 5.92 Å². The van der Waals surface area contributed by atoms with E-state index in [-0.39, 0.29) is 22.3 Å². The lowest BCUT2D eigenvalue weighted by atomic mass is 10.1. The first-order chi connectivity index (χ1) is 10.1. The van der Waals surface area contributed by atoms with E-state index in [9.17, 15) is 5.11 Å². The second-order valence-electron chi connectivity index (χ2n) is 10.4. The Labute approximate surface area is 146 Å². The molecule has 0 spiro atoms. The van der Waals surface area contributed by atoms with Crippen molar-refractivity contribution >= 4 is 16.6 Å². The van der Waals surface area contributed by atoms with Gasteiger partial charge >= 0.3 is 0 Å². The second-order valence-corrected chi connectivity index (χ2v) is 19.9. The Balaban J connectivity index is 2.74. The molecule has 0 aromatic carbocycles. The van der Waals surface area contributed by atoms with Crippen LogP contribution in [0, 0.1) is 5.92 Å². The fourth-order valence-corrected chi connectivity index (χ4v) is 4.93. The topological polar surface area (TPSA) is 38.7 Å². The smallest absolute Gasteiger partial charge is 0.192 e. The van der Waals surface area contributed by atoms with Gasteiger partial charge in [-0.15, -0.1) is 0 Å². The Morgan fingerprint density at radius 2 is 1.35 bits per heavy atom. The average Bonchev–Trinajstić information content (AvgIpc) is 2.63. The van der Waals surface area contributed by atoms with Crippen LogP contribution < -0.4 is 0 Å². The minimum Gasteiger partial charge on any atom is -0.416 e. The molecule has 0 unspecified atom stereocenters. The van der Waals surface area contributed by atoms with Crippen LogP contribution in [0.1, 0.15) is 54.4 Å². The predicted molar refractivity (Wildman–Crippen MR) is 104 cm³/mol. The summed E-state index contributed by atoms with van der Waals surface area (Å²) in [4.78, 5) is 0. The first-order valence-corrected chi connectivity index (χ1v) is 14.9. The van der Waals surface area contributed by atoms with Gasteiger partial charge in [-0.25, -0.2) is 0 Å². The van der Waals surface area contributed by atoms with Gasteiger partial charge in [-0.05, 0) is 49.1 Å². The van der Waals surface area contributed by atoms with Crippen molar-refractivity contribution in [2.75, 3.05) is 6.61 Å². The van der Waals surface area contributed by atoms with Crippen LogP contribution in [0.3, 0.4) is 0 Å². The van der Waals surface area contributed by atoms with Gasteiger partial charge in [0.25, 0.3) is 0 Å². The predicted octanol–water partition coefficient (Wildman–Crippen LogP) is 5.17. The number of aliphatic hydroxyl groups excluding tert-OH is 1. The summed E-state index contributed by atoms with van der Waals surface area (Å²) in [6.07, 6.45) is 1.49. The Hall–Kier alpha value is 0.314. The van der Waals surface area contributed by atoms with Gasteiger partial charge in [-0.1, -0.05) is 41.5 Å². The molecule has 0 bridgehead atoms. The van der Waals surface area contributed by atoms with Crippen molar-refractivity contribution < 1.29 is 14.0 Å². The van der Waals surface area contributed by atoms with E-state index in [1.807, 2.05) is 0 Å². The highest BCUT2D eigenvalue weighted by Crippen LogP contribution is 2.42. The molecule has 3 atom stereocenters. The third-order valence-electron chi connectivity index (χ3n) is 6.32. The van der Waals surface area contributed by atoms with E-state index >= 15 is 0 Å². The lowest BCUT2D eigenvalue weighted by molar-refractivity contribution is 0.0994. The number of rotatable bonds is 5. The van der Waals surface area contributed by atoms with Crippen molar-refractivity contribution in [2.45, 2.75) is 103 Å². The van der Waals surface area contributed by atoms with Crippen molar-refractivity contribution in [1.29, 1.82) is 0 Å². The second kappa shape index (κ2) is 6.91. The molecule has 1 aliphatic carbocycles. The van der Waals surface area contributed by atoms with Gasteiger partial charge in [0, 0.05) is 12.5 Å². The maximum absolute atomic E-state index is 10.2. The lowest BCUT2D eigenvalue weighted by Crippen LogP contribution is -2.46. The molecular weight excluding hydrogens is 320 g/mol. The third-order valence-corrected chi connectivity index (χ3v) is 15.3. The van der Waals surface area contributed by atoms with Gasteiger partial charge in [0.1, 0.15) is 0 Å². The first-order valence-electron chi connectivity index (χ1n) is 9.07. The molecule has 1 saturated carbocycles. The molecule has 0 aliphatic heterocycles. The Morgan fingerprint density at radius 1 is 0.870 bits per heavy atom. The standard InChI is InChI=1S/C18H40O3Si2/c1-17(2,3)22(7,8)20-13-14-11-15(19)12-16(14)21-23(9,10)18(4,5)6/h14-16,19H,11-13H2,1-10H3/t14-,15+,16+/m0/s1. The molecule has 23 heavy (non-hydrogen) atoms. The lowest BCUT2D eigenvalue weighted by Gasteiger charge is -2.41. The highest BCUT2D eigenvalue weighted by molar-refractivity contribution is 6.74. The first kappa shape index (κ1) is 21.4. The van der Waals surface area contributed by atoms with Crippen molar-refractivity contribution in [1.82, 2.24) is 0 Å². The average molecular weight is 361 g/mol. The highest BCUT2D eigenvalue weighted by Gasteiger charge is 2.45. The van der Waals surface area contributed by atoms with Crippen LogP contribution in [0.2, 0.25) is 36.3 Å². The summed E-state index contributed by atoms with van der Waals surface area (Å²) >= 11 is 0. The Morgan fingerprint density at radius 3 is 1.78 bits per heavy atom. The molecule has 1 N–H and O–H groups in total. The fraction of sp³-hybridized carbons (Fsp3) is 1.00. The molecule has 138 valence electrons. The molecule has 3 nitrogen and oxygen atoms in total. The zero-order valence-electron chi connectivity index (χ0n) is 17.1. The van der Waals surface area contributed by atoms with Crippen LogP contribution in [-0.4, -0.2) is 40.6 Å². The Kier molecular flexibility index (Phi) is 6.41. The van der Waals surface area contributed by atoms with E-state index in [4.69, 9.17) is 8.85 Å². The molecule has 0 aromatic heterocycles. The zero-order valence-corrected chi connectivity index (χ0v) is 19.1. The van der Waals surface area contributed by atoms with Gasteiger partial charge in [-0.2, -0.15) is 0 Å². The minimum atomic E-state index is -1.81. The maximum Gasteiger partial charge on any atom is 0.192 e. The number of hydrogen-bond donors (Lipinski definition) is 1. The molecule has 5 heteroatoms. The Bertz CT molecular complexity index is 394. The van der Waals surface area contributed by atoms with Gasteiger partial charge in [0.2, 0.25) is 0 Å². The molecule has 1 fully saturated rings. The summed E-state index contributed by atoms with van der Waals surface area (Å²) in [5, 5.41) is 10.6. The van der Waals surface area contributed by atoms with Gasteiger partial charge in [0.15, 0.2) is 16.6 Å². The van der Waals surface area contributed by atoms with Gasteiger partial charge in [-0.3, -0.25) is 0 Å². The molecule has 0 saturated heterocycles.